The second-order valence-electron chi connectivity index (χ2n) is 11.8. The lowest BCUT2D eigenvalue weighted by Crippen LogP contribution is -2.14. The number of carbonyl (C=O) groups excluding carboxylic acids is 2. The van der Waals surface area contributed by atoms with Crippen molar-refractivity contribution < 1.29 is 38.0 Å². The van der Waals surface area contributed by atoms with E-state index in [0.717, 1.165) is 21.1 Å². The average molecular weight is 759 g/mol. The number of rotatable bonds is 9. The number of methoxy groups -OCH3 is 2. The zero-order valence-corrected chi connectivity index (χ0v) is 30.6. The Bertz CT molecular complexity index is 2440. The lowest BCUT2D eigenvalue weighted by atomic mass is 10.0. The molecule has 2 aliphatic heterocycles. The fraction of sp³-hybridized carbons (Fsp3) is 0.150. The predicted octanol–water partition coefficient (Wildman–Crippen LogP) is 7.85. The number of ether oxygens (including phenoxy) is 6. The summed E-state index contributed by atoms with van der Waals surface area (Å²) < 4.78 is 33.6. The van der Waals surface area contributed by atoms with Crippen LogP contribution >= 0.6 is 22.7 Å². The van der Waals surface area contributed by atoms with Gasteiger partial charge in [-0.05, 0) is 60.2 Å². The maximum absolute atomic E-state index is 13.2. The van der Waals surface area contributed by atoms with Crippen LogP contribution < -0.4 is 18.9 Å². The Labute approximate surface area is 317 Å². The van der Waals surface area contributed by atoms with Crippen LogP contribution in [0, 0.1) is 0 Å². The molecule has 0 radical (unpaired) electrons. The van der Waals surface area contributed by atoms with E-state index < -0.39 is 11.9 Å². The zero-order valence-electron chi connectivity index (χ0n) is 28.9. The molecule has 0 spiro atoms. The van der Waals surface area contributed by atoms with Crippen molar-refractivity contribution in [3.05, 3.63) is 104 Å². The van der Waals surface area contributed by atoms with Gasteiger partial charge in [0.15, 0.2) is 23.0 Å². The monoisotopic (exact) mass is 758 g/mol. The van der Waals surface area contributed by atoms with Gasteiger partial charge in [-0.15, -0.1) is 22.7 Å². The summed E-state index contributed by atoms with van der Waals surface area (Å²) in [4.78, 5) is 46.8. The molecule has 0 saturated heterocycles. The van der Waals surface area contributed by atoms with Gasteiger partial charge >= 0.3 is 11.9 Å². The number of nitrogens with zero attached hydrogens (tertiary/aromatic N) is 4. The van der Waals surface area contributed by atoms with E-state index in [2.05, 4.69) is 4.98 Å². The van der Waals surface area contributed by atoms with Gasteiger partial charge < -0.3 is 28.4 Å². The number of aromatic nitrogens is 4. The first kappa shape index (κ1) is 34.7. The molecule has 0 fully saturated rings. The Morgan fingerprint density at radius 1 is 0.630 bits per heavy atom. The van der Waals surface area contributed by atoms with Crippen LogP contribution in [0.5, 0.6) is 23.0 Å². The van der Waals surface area contributed by atoms with E-state index in [0.29, 0.717) is 83.4 Å². The summed E-state index contributed by atoms with van der Waals surface area (Å²) in [6, 6.07) is 13.6. The van der Waals surface area contributed by atoms with E-state index in [-0.39, 0.29) is 11.1 Å². The van der Waals surface area contributed by atoms with Gasteiger partial charge in [0.2, 0.25) is 0 Å². The van der Waals surface area contributed by atoms with Gasteiger partial charge in [0, 0.05) is 28.7 Å². The van der Waals surface area contributed by atoms with Crippen molar-refractivity contribution in [2.24, 2.45) is 0 Å². The van der Waals surface area contributed by atoms with E-state index in [4.69, 9.17) is 43.4 Å². The molecule has 0 unspecified atom stereocenters. The van der Waals surface area contributed by atoms with Crippen LogP contribution in [0.1, 0.15) is 41.6 Å². The minimum atomic E-state index is -0.589. The largest absolute Gasteiger partial charge is 0.485 e. The molecule has 0 amide bonds. The van der Waals surface area contributed by atoms with Crippen LogP contribution in [0.15, 0.2) is 71.7 Å². The van der Waals surface area contributed by atoms with E-state index in [1.807, 2.05) is 47.2 Å². The van der Waals surface area contributed by atoms with Crippen molar-refractivity contribution in [1.29, 1.82) is 0 Å². The first-order valence-corrected chi connectivity index (χ1v) is 18.5. The van der Waals surface area contributed by atoms with Crippen molar-refractivity contribution in [3.63, 3.8) is 0 Å². The summed E-state index contributed by atoms with van der Waals surface area (Å²) in [7, 11) is 2.61. The highest BCUT2D eigenvalue weighted by atomic mass is 32.1. The number of thiophene rings is 2. The number of pyridine rings is 4. The van der Waals surface area contributed by atoms with Gasteiger partial charge in [-0.25, -0.2) is 19.6 Å². The minimum Gasteiger partial charge on any atom is -0.485 e. The Balaban J connectivity index is 1.29. The molecule has 0 aliphatic carbocycles. The Morgan fingerprint density at radius 3 is 1.78 bits per heavy atom. The van der Waals surface area contributed by atoms with Gasteiger partial charge in [-0.3, -0.25) is 9.97 Å². The minimum absolute atomic E-state index is 0.208. The average Bonchev–Trinajstić information content (AvgIpc) is 3.85. The molecule has 0 saturated carbocycles. The summed E-state index contributed by atoms with van der Waals surface area (Å²) in [5, 5.41) is 3.85. The fourth-order valence-corrected chi connectivity index (χ4v) is 7.54. The standard InChI is InChI=1S/C40H30N4O8S2/c1-47-39(45)24-17-28(27-5-3-4-11-41-27)43-29(18-24)30-19-25(40(46)48-2)20-31(44-30)36-26(7-9-35-38-33(22-54-35)50-14-16-52-38)23(10-12-42-36)6-8-34-37-32(21-53-34)49-13-15-51-37/h3-12,17-22H,13-16H2,1-2H3/b8-6+,9-7+. The van der Waals surface area contributed by atoms with Gasteiger partial charge in [-0.2, -0.15) is 0 Å². The van der Waals surface area contributed by atoms with Crippen molar-refractivity contribution in [2.75, 3.05) is 40.6 Å². The molecule has 54 heavy (non-hydrogen) atoms. The summed E-state index contributed by atoms with van der Waals surface area (Å²) in [5.41, 5.74) is 4.38. The Hall–Kier alpha value is -6.38. The maximum Gasteiger partial charge on any atom is 0.338 e. The normalized spacial score (nSPS) is 13.3. The molecule has 0 atom stereocenters. The Morgan fingerprint density at radius 2 is 1.19 bits per heavy atom. The van der Waals surface area contributed by atoms with Crippen LogP contribution in [0.2, 0.25) is 0 Å². The molecule has 2 aliphatic rings. The van der Waals surface area contributed by atoms with Crippen molar-refractivity contribution in [2.45, 2.75) is 0 Å². The summed E-state index contributed by atoms with van der Waals surface area (Å²) in [5.74, 6) is 1.66. The number of hydrogen-bond donors (Lipinski definition) is 0. The highest BCUT2D eigenvalue weighted by Gasteiger charge is 2.22. The molecule has 0 bridgehead atoms. The maximum atomic E-state index is 13.2. The summed E-state index contributed by atoms with van der Waals surface area (Å²) in [6.07, 6.45) is 11.2. The first-order valence-electron chi connectivity index (χ1n) is 16.7. The van der Waals surface area contributed by atoms with Crippen LogP contribution in [-0.2, 0) is 9.47 Å². The molecule has 8 heterocycles. The van der Waals surface area contributed by atoms with Gasteiger partial charge in [0.25, 0.3) is 0 Å². The van der Waals surface area contributed by atoms with E-state index in [1.165, 1.54) is 36.9 Å². The third-order valence-corrected chi connectivity index (χ3v) is 10.2. The van der Waals surface area contributed by atoms with Crippen LogP contribution in [0.25, 0.3) is 58.5 Å². The number of hydrogen-bond acceptors (Lipinski definition) is 14. The SMILES string of the molecule is COC(=O)c1cc(-c2ccccn2)nc(-c2cc(C(=O)OC)cc(-c3nccc(/C=C/c4scc5c4OCCO5)c3/C=C/c3scc4c3OCCO4)n2)c1. The lowest BCUT2D eigenvalue weighted by molar-refractivity contribution is 0.0591. The quantitative estimate of drug-likeness (QED) is 0.133. The van der Waals surface area contributed by atoms with Crippen molar-refractivity contribution in [1.82, 2.24) is 19.9 Å². The molecule has 14 heteroatoms. The van der Waals surface area contributed by atoms with Crippen LogP contribution in [0.4, 0.5) is 0 Å². The van der Waals surface area contributed by atoms with Gasteiger partial charge in [-0.1, -0.05) is 18.2 Å². The highest BCUT2D eigenvalue weighted by Crippen LogP contribution is 2.42. The molecular weight excluding hydrogens is 729 g/mol. The number of carbonyl (C=O) groups is 2. The summed E-state index contributed by atoms with van der Waals surface area (Å²) in [6.45, 7) is 1.92. The highest BCUT2D eigenvalue weighted by molar-refractivity contribution is 7.12. The molecular formula is C40H30N4O8S2. The van der Waals surface area contributed by atoms with E-state index in [9.17, 15) is 9.59 Å². The smallest absolute Gasteiger partial charge is 0.338 e. The Kier molecular flexibility index (Phi) is 9.83. The third kappa shape index (κ3) is 7.04. The van der Waals surface area contributed by atoms with Crippen molar-refractivity contribution in [3.8, 4) is 57.2 Å². The zero-order chi connectivity index (χ0) is 37.0. The van der Waals surface area contributed by atoms with Crippen molar-refractivity contribution >= 4 is 58.9 Å². The first-order chi connectivity index (χ1) is 26.5. The van der Waals surface area contributed by atoms with Gasteiger partial charge in [0.1, 0.15) is 26.4 Å². The lowest BCUT2D eigenvalue weighted by Gasteiger charge is -2.15. The molecule has 6 aromatic rings. The van der Waals surface area contributed by atoms with Crippen LogP contribution in [-0.4, -0.2) is 72.5 Å². The fourth-order valence-electron chi connectivity index (χ4n) is 5.89. The van der Waals surface area contributed by atoms with Crippen LogP contribution in [0.3, 0.4) is 0 Å². The molecule has 0 N–H and O–H groups in total. The number of fused-ring (bicyclic) bond motifs is 2. The molecule has 0 aromatic carbocycles. The predicted molar refractivity (Wildman–Crippen MR) is 205 cm³/mol. The molecule has 12 nitrogen and oxygen atoms in total. The second-order valence-corrected chi connectivity index (χ2v) is 13.6. The molecule has 6 aromatic heterocycles. The second kappa shape index (κ2) is 15.3. The molecule has 270 valence electrons. The number of esters is 2. The summed E-state index contributed by atoms with van der Waals surface area (Å²) >= 11 is 3.02. The van der Waals surface area contributed by atoms with E-state index >= 15 is 0 Å². The van der Waals surface area contributed by atoms with E-state index in [1.54, 1.807) is 48.8 Å². The topological polar surface area (TPSA) is 141 Å². The molecule has 8 rings (SSSR count). The third-order valence-electron chi connectivity index (χ3n) is 8.42. The van der Waals surface area contributed by atoms with Gasteiger partial charge in [0.05, 0.1) is 69.3 Å².